The van der Waals surface area contributed by atoms with Gasteiger partial charge in [-0.05, 0) is 49.4 Å². The molecule has 1 atom stereocenters. The summed E-state index contributed by atoms with van der Waals surface area (Å²) in [4.78, 5) is 16.2. The van der Waals surface area contributed by atoms with Gasteiger partial charge in [0.05, 0.1) is 11.3 Å². The summed E-state index contributed by atoms with van der Waals surface area (Å²) in [6.45, 7) is 2.67. The lowest BCUT2D eigenvalue weighted by Gasteiger charge is -2.40. The number of anilines is 2. The maximum Gasteiger partial charge on any atom is 0.418 e. The zero-order chi connectivity index (χ0) is 27.0. The number of hydrogen-bond donors (Lipinski definition) is 1. The second-order valence-corrected chi connectivity index (χ2v) is 9.03. The Morgan fingerprint density at radius 1 is 0.923 bits per heavy atom. The lowest BCUT2D eigenvalue weighted by atomic mass is 10.0. The molecule has 6 nitrogen and oxygen atoms in total. The first-order valence-corrected chi connectivity index (χ1v) is 11.8. The number of benzene rings is 3. The fourth-order valence-electron chi connectivity index (χ4n) is 4.63. The van der Waals surface area contributed by atoms with E-state index in [1.807, 2.05) is 36.1 Å². The lowest BCUT2D eigenvalue weighted by molar-refractivity contribution is -0.137. The van der Waals surface area contributed by atoms with Crippen molar-refractivity contribution in [1.29, 1.82) is 0 Å². The Morgan fingerprint density at radius 2 is 1.59 bits per heavy atom. The Labute approximate surface area is 226 Å². The van der Waals surface area contributed by atoms with Crippen LogP contribution in [0.1, 0.15) is 12.5 Å². The molecule has 0 aliphatic carbocycles. The smallest absolute Gasteiger partial charge is 0.348 e. The molecule has 4 aromatic rings. The van der Waals surface area contributed by atoms with E-state index < -0.39 is 29.3 Å². The molecule has 39 heavy (non-hydrogen) atoms. The molecule has 2 amide bonds. The van der Waals surface area contributed by atoms with Gasteiger partial charge in [0.25, 0.3) is 0 Å². The number of alkyl halides is 3. The van der Waals surface area contributed by atoms with E-state index in [4.69, 9.17) is 0 Å². The first-order valence-electron chi connectivity index (χ1n) is 11.8. The number of fused-ring (bicyclic) bond motifs is 1. The number of nitrogens with one attached hydrogen (secondary N) is 1. The van der Waals surface area contributed by atoms with E-state index in [9.17, 15) is 26.7 Å². The van der Waals surface area contributed by atoms with Crippen molar-refractivity contribution in [2.24, 2.45) is 0 Å². The highest BCUT2D eigenvalue weighted by molar-refractivity contribution is 6.00. The minimum Gasteiger partial charge on any atom is -0.348 e. The standard InChI is InChI=1S/C27H22F5N5O.ClH/c1-16-15-36(26(38)33-23-11-10-19(29)14-22(23)27(30,31)32)12-13-37(16)25-21-5-3-2-4-20(21)24(34-35-25)17-6-8-18(28)9-7-17;/h2-11,14,16H,12-13,15H2,1H3,(H,33,38);1H/t16-;/m0./s1. The van der Waals surface area contributed by atoms with Crippen LogP contribution in [0.5, 0.6) is 0 Å². The molecule has 0 spiro atoms. The van der Waals surface area contributed by atoms with Gasteiger partial charge in [-0.25, -0.2) is 13.6 Å². The Bertz CT molecular complexity index is 1500. The van der Waals surface area contributed by atoms with E-state index in [0.29, 0.717) is 24.1 Å². The quantitative estimate of drug-likeness (QED) is 0.280. The Balaban J connectivity index is 0.00000353. The summed E-state index contributed by atoms with van der Waals surface area (Å²) < 4.78 is 66.9. The van der Waals surface area contributed by atoms with E-state index in [-0.39, 0.29) is 37.4 Å². The van der Waals surface area contributed by atoms with Gasteiger partial charge in [0.2, 0.25) is 0 Å². The van der Waals surface area contributed by atoms with Crippen LogP contribution in [0.4, 0.5) is 38.3 Å². The fraction of sp³-hybridized carbons (Fsp3) is 0.222. The first kappa shape index (κ1) is 28.0. The predicted octanol–water partition coefficient (Wildman–Crippen LogP) is 6.76. The molecule has 1 aliphatic rings. The molecule has 1 aliphatic heterocycles. The maximum atomic E-state index is 13.4. The van der Waals surface area contributed by atoms with Crippen molar-refractivity contribution in [3.8, 4) is 11.3 Å². The largest absolute Gasteiger partial charge is 0.418 e. The summed E-state index contributed by atoms with van der Waals surface area (Å²) in [5.41, 5.74) is -0.433. The number of nitrogens with zero attached hydrogens (tertiary/aromatic N) is 4. The normalized spacial score (nSPS) is 15.7. The molecule has 1 N–H and O–H groups in total. The van der Waals surface area contributed by atoms with Crippen LogP contribution in [0.25, 0.3) is 22.0 Å². The number of aromatic nitrogens is 2. The third kappa shape index (κ3) is 5.73. The molecule has 0 bridgehead atoms. The Morgan fingerprint density at radius 3 is 2.26 bits per heavy atom. The summed E-state index contributed by atoms with van der Waals surface area (Å²) in [7, 11) is 0. The van der Waals surface area contributed by atoms with E-state index >= 15 is 0 Å². The number of piperazine rings is 1. The van der Waals surface area contributed by atoms with E-state index in [1.165, 1.54) is 17.0 Å². The Kier molecular flexibility index (Phi) is 7.91. The van der Waals surface area contributed by atoms with Gasteiger partial charge in [-0.1, -0.05) is 24.3 Å². The van der Waals surface area contributed by atoms with Crippen LogP contribution in [-0.4, -0.2) is 46.8 Å². The molecule has 0 saturated carbocycles. The molecule has 2 heterocycles. The third-order valence-electron chi connectivity index (χ3n) is 6.50. The molecule has 1 fully saturated rings. The van der Waals surface area contributed by atoms with Crippen LogP contribution in [0, 0.1) is 11.6 Å². The number of halogens is 6. The highest BCUT2D eigenvalue weighted by Crippen LogP contribution is 2.36. The van der Waals surface area contributed by atoms with Gasteiger partial charge in [0.1, 0.15) is 17.3 Å². The average molecular weight is 564 g/mol. The van der Waals surface area contributed by atoms with Gasteiger partial charge < -0.3 is 15.1 Å². The number of carbonyl (C=O) groups excluding carboxylic acids is 1. The summed E-state index contributed by atoms with van der Waals surface area (Å²) in [6.07, 6.45) is -4.82. The average Bonchev–Trinajstić information content (AvgIpc) is 2.89. The predicted molar refractivity (Wildman–Crippen MR) is 141 cm³/mol. The van der Waals surface area contributed by atoms with Gasteiger partial charge in [-0.3, -0.25) is 0 Å². The van der Waals surface area contributed by atoms with Crippen molar-refractivity contribution in [3.05, 3.63) is 83.9 Å². The van der Waals surface area contributed by atoms with Crippen molar-refractivity contribution in [3.63, 3.8) is 0 Å². The van der Waals surface area contributed by atoms with Crippen LogP contribution in [0.3, 0.4) is 0 Å². The number of rotatable bonds is 3. The molecule has 1 aromatic heterocycles. The van der Waals surface area contributed by atoms with Crippen LogP contribution in [-0.2, 0) is 6.18 Å². The second-order valence-electron chi connectivity index (χ2n) is 9.03. The summed E-state index contributed by atoms with van der Waals surface area (Å²) in [6, 6.07) is 14.7. The van der Waals surface area contributed by atoms with Gasteiger partial charge in [-0.2, -0.15) is 13.2 Å². The summed E-state index contributed by atoms with van der Waals surface area (Å²) in [5.74, 6) is -0.791. The number of hydrogen-bond acceptors (Lipinski definition) is 4. The molecular weight excluding hydrogens is 541 g/mol. The second kappa shape index (κ2) is 11.0. The highest BCUT2D eigenvalue weighted by atomic mass is 35.5. The first-order chi connectivity index (χ1) is 18.1. The van der Waals surface area contributed by atoms with Crippen LogP contribution in [0.15, 0.2) is 66.7 Å². The van der Waals surface area contributed by atoms with E-state index in [2.05, 4.69) is 15.5 Å². The summed E-state index contributed by atoms with van der Waals surface area (Å²) >= 11 is 0. The number of carbonyl (C=O) groups is 1. The van der Waals surface area contributed by atoms with E-state index in [0.717, 1.165) is 28.5 Å². The van der Waals surface area contributed by atoms with Gasteiger partial charge in [-0.15, -0.1) is 22.6 Å². The zero-order valence-electron chi connectivity index (χ0n) is 20.5. The SMILES string of the molecule is C[C@H]1CN(C(=O)Nc2ccc(F)cc2C(F)(F)F)CCN1c1nnc(-c2ccc(F)cc2)c2ccccc12.Cl. The molecule has 204 valence electrons. The lowest BCUT2D eigenvalue weighted by Crippen LogP contribution is -2.55. The van der Waals surface area contributed by atoms with Crippen LogP contribution < -0.4 is 10.2 Å². The van der Waals surface area contributed by atoms with Crippen molar-refractivity contribution >= 4 is 40.7 Å². The van der Waals surface area contributed by atoms with E-state index in [1.54, 1.807) is 12.1 Å². The van der Waals surface area contributed by atoms with Crippen molar-refractivity contribution in [1.82, 2.24) is 15.1 Å². The Hall–Kier alpha value is -3.99. The maximum absolute atomic E-state index is 13.4. The molecule has 0 radical (unpaired) electrons. The minimum absolute atomic E-state index is 0. The fourth-order valence-corrected chi connectivity index (χ4v) is 4.63. The molecule has 5 rings (SSSR count). The molecule has 1 saturated heterocycles. The van der Waals surface area contributed by atoms with Crippen LogP contribution in [0.2, 0.25) is 0 Å². The number of urea groups is 1. The molecular formula is C27H23ClF5N5O. The van der Waals surface area contributed by atoms with Crippen molar-refractivity contribution in [2.75, 3.05) is 29.9 Å². The van der Waals surface area contributed by atoms with Crippen molar-refractivity contribution < 1.29 is 26.7 Å². The number of amides is 2. The molecule has 3 aromatic carbocycles. The molecule has 0 unspecified atom stereocenters. The molecule has 12 heteroatoms. The van der Waals surface area contributed by atoms with Gasteiger partial charge >= 0.3 is 12.2 Å². The monoisotopic (exact) mass is 563 g/mol. The topological polar surface area (TPSA) is 61.4 Å². The highest BCUT2D eigenvalue weighted by Gasteiger charge is 2.35. The minimum atomic E-state index is -4.82. The zero-order valence-corrected chi connectivity index (χ0v) is 21.4. The van der Waals surface area contributed by atoms with Crippen molar-refractivity contribution in [2.45, 2.75) is 19.1 Å². The third-order valence-corrected chi connectivity index (χ3v) is 6.50. The van der Waals surface area contributed by atoms with Gasteiger partial charge in [0.15, 0.2) is 5.82 Å². The summed E-state index contributed by atoms with van der Waals surface area (Å²) in [5, 5.41) is 12.8. The van der Waals surface area contributed by atoms with Crippen LogP contribution >= 0.6 is 12.4 Å². The van der Waals surface area contributed by atoms with Gasteiger partial charge in [0, 0.05) is 42.0 Å².